The molecular formula is C14H16O4. The van der Waals surface area contributed by atoms with Crippen LogP contribution in [0.4, 0.5) is 0 Å². The Labute approximate surface area is 106 Å². The summed E-state index contributed by atoms with van der Waals surface area (Å²) < 4.78 is 15.3. The number of esters is 1. The zero-order chi connectivity index (χ0) is 13.1. The quantitative estimate of drug-likeness (QED) is 0.768. The summed E-state index contributed by atoms with van der Waals surface area (Å²) >= 11 is 0. The van der Waals surface area contributed by atoms with Gasteiger partial charge >= 0.3 is 5.97 Å². The van der Waals surface area contributed by atoms with E-state index in [0.717, 1.165) is 23.3 Å². The van der Waals surface area contributed by atoms with E-state index in [1.165, 1.54) is 7.11 Å². The molecule has 2 rings (SSSR count). The van der Waals surface area contributed by atoms with E-state index in [-0.39, 0.29) is 5.97 Å². The molecule has 0 heterocycles. The number of benzene rings is 1. The predicted octanol–water partition coefficient (Wildman–Crippen LogP) is 2.04. The first-order valence-corrected chi connectivity index (χ1v) is 5.70. The molecule has 0 aromatic heterocycles. The number of methoxy groups -OCH3 is 3. The van der Waals surface area contributed by atoms with Crippen LogP contribution >= 0.6 is 0 Å². The molecule has 1 aromatic carbocycles. The van der Waals surface area contributed by atoms with Crippen LogP contribution in [0.1, 0.15) is 17.0 Å². The van der Waals surface area contributed by atoms with Gasteiger partial charge in [-0.05, 0) is 35.8 Å². The van der Waals surface area contributed by atoms with Crippen molar-refractivity contribution in [2.24, 2.45) is 0 Å². The predicted molar refractivity (Wildman–Crippen MR) is 66.5 cm³/mol. The Morgan fingerprint density at radius 1 is 1.22 bits per heavy atom. The molecule has 0 fully saturated rings. The number of hydrogen-bond acceptors (Lipinski definition) is 4. The van der Waals surface area contributed by atoms with Gasteiger partial charge < -0.3 is 14.2 Å². The first kappa shape index (κ1) is 12.5. The van der Waals surface area contributed by atoms with Gasteiger partial charge in [0.15, 0.2) is 0 Å². The number of hydrogen-bond donors (Lipinski definition) is 0. The van der Waals surface area contributed by atoms with Crippen LogP contribution in [-0.2, 0) is 20.7 Å². The molecule has 1 aromatic rings. The Morgan fingerprint density at radius 3 is 2.61 bits per heavy atom. The lowest BCUT2D eigenvalue weighted by molar-refractivity contribution is -0.142. The van der Waals surface area contributed by atoms with Crippen molar-refractivity contribution >= 4 is 5.97 Å². The molecule has 96 valence electrons. The molecule has 0 spiro atoms. The summed E-state index contributed by atoms with van der Waals surface area (Å²) in [5.41, 5.74) is 1.98. The van der Waals surface area contributed by atoms with Crippen molar-refractivity contribution < 1.29 is 19.0 Å². The summed E-state index contributed by atoms with van der Waals surface area (Å²) in [7, 11) is 4.54. The molecule has 1 aliphatic carbocycles. The van der Waals surface area contributed by atoms with E-state index in [1.54, 1.807) is 14.2 Å². The Morgan fingerprint density at radius 2 is 2.00 bits per heavy atom. The maximum Gasteiger partial charge on any atom is 0.320 e. The van der Waals surface area contributed by atoms with Gasteiger partial charge in [-0.3, -0.25) is 4.79 Å². The smallest absolute Gasteiger partial charge is 0.320 e. The lowest BCUT2D eigenvalue weighted by Crippen LogP contribution is -2.22. The lowest BCUT2D eigenvalue weighted by Gasteiger charge is -2.24. The summed E-state index contributed by atoms with van der Waals surface area (Å²) in [5.74, 6) is 0.527. The first-order valence-electron chi connectivity index (χ1n) is 5.70. The van der Waals surface area contributed by atoms with E-state index in [9.17, 15) is 4.79 Å². The summed E-state index contributed by atoms with van der Waals surface area (Å²) in [6.45, 7) is 0. The number of ether oxygens (including phenoxy) is 3. The van der Waals surface area contributed by atoms with Crippen molar-refractivity contribution in [1.29, 1.82) is 0 Å². The second-order valence-electron chi connectivity index (χ2n) is 4.04. The lowest BCUT2D eigenvalue weighted by atomic mass is 9.86. The Kier molecular flexibility index (Phi) is 3.55. The minimum atomic E-state index is -0.501. The van der Waals surface area contributed by atoms with Gasteiger partial charge in [-0.2, -0.15) is 0 Å². The van der Waals surface area contributed by atoms with E-state index >= 15 is 0 Å². The number of carbonyl (C=O) groups excluding carboxylic acids is 1. The molecular weight excluding hydrogens is 232 g/mol. The van der Waals surface area contributed by atoms with Crippen molar-refractivity contribution in [3.63, 3.8) is 0 Å². The van der Waals surface area contributed by atoms with Gasteiger partial charge in [0.25, 0.3) is 0 Å². The fraction of sp³-hybridized carbons (Fsp3) is 0.357. The number of allylic oxidation sites excluding steroid dienone is 1. The van der Waals surface area contributed by atoms with Crippen molar-refractivity contribution in [3.05, 3.63) is 41.2 Å². The first-order chi connectivity index (χ1) is 8.71. The van der Waals surface area contributed by atoms with Gasteiger partial charge in [0.2, 0.25) is 0 Å². The Balaban J connectivity index is 2.49. The zero-order valence-corrected chi connectivity index (χ0v) is 10.7. The molecule has 4 nitrogen and oxygen atoms in total. The van der Waals surface area contributed by atoms with Gasteiger partial charge in [0.05, 0.1) is 21.3 Å². The van der Waals surface area contributed by atoms with E-state index in [1.807, 2.05) is 24.3 Å². The molecule has 18 heavy (non-hydrogen) atoms. The summed E-state index contributed by atoms with van der Waals surface area (Å²) in [6.07, 6.45) is 2.66. The van der Waals surface area contributed by atoms with E-state index in [4.69, 9.17) is 14.2 Å². The molecule has 0 N–H and O–H groups in total. The standard InChI is InChI=1S/C14H16O4/c1-16-10-6-4-9-5-7-12(17-2)13(11(9)8-10)14(15)18-3/h4,6-8,13H,5H2,1-3H3. The van der Waals surface area contributed by atoms with Crippen LogP contribution in [0.15, 0.2) is 30.0 Å². The van der Waals surface area contributed by atoms with Gasteiger partial charge in [-0.1, -0.05) is 6.07 Å². The fourth-order valence-electron chi connectivity index (χ4n) is 2.20. The van der Waals surface area contributed by atoms with Crippen LogP contribution in [0.25, 0.3) is 0 Å². The average Bonchev–Trinajstić information content (AvgIpc) is 2.44. The van der Waals surface area contributed by atoms with Crippen molar-refractivity contribution in [2.45, 2.75) is 12.3 Å². The largest absolute Gasteiger partial charge is 0.500 e. The highest BCUT2D eigenvalue weighted by Gasteiger charge is 2.31. The molecule has 0 bridgehead atoms. The summed E-state index contributed by atoms with van der Waals surface area (Å²) in [5, 5.41) is 0. The minimum absolute atomic E-state index is 0.322. The molecule has 0 saturated heterocycles. The van der Waals surface area contributed by atoms with Gasteiger partial charge in [-0.15, -0.1) is 0 Å². The average molecular weight is 248 g/mol. The number of fused-ring (bicyclic) bond motifs is 1. The van der Waals surface area contributed by atoms with Crippen LogP contribution < -0.4 is 4.74 Å². The molecule has 0 amide bonds. The molecule has 1 unspecified atom stereocenters. The maximum absolute atomic E-state index is 11.9. The number of carbonyl (C=O) groups is 1. The second-order valence-corrected chi connectivity index (χ2v) is 4.04. The van der Waals surface area contributed by atoms with E-state index < -0.39 is 5.92 Å². The highest BCUT2D eigenvalue weighted by atomic mass is 16.5. The molecule has 4 heteroatoms. The molecule has 1 aliphatic rings. The molecule has 0 aliphatic heterocycles. The molecule has 0 saturated carbocycles. The summed E-state index contributed by atoms with van der Waals surface area (Å²) in [6, 6.07) is 5.72. The maximum atomic E-state index is 11.9. The van der Waals surface area contributed by atoms with Crippen LogP contribution in [-0.4, -0.2) is 27.3 Å². The van der Waals surface area contributed by atoms with Crippen molar-refractivity contribution in [2.75, 3.05) is 21.3 Å². The summed E-state index contributed by atoms with van der Waals surface area (Å²) in [4.78, 5) is 11.9. The van der Waals surface area contributed by atoms with Gasteiger partial charge in [0, 0.05) is 0 Å². The van der Waals surface area contributed by atoms with E-state index in [2.05, 4.69) is 0 Å². The van der Waals surface area contributed by atoms with Crippen molar-refractivity contribution in [3.8, 4) is 5.75 Å². The van der Waals surface area contributed by atoms with Crippen LogP contribution in [0.3, 0.4) is 0 Å². The van der Waals surface area contributed by atoms with Gasteiger partial charge in [-0.25, -0.2) is 0 Å². The molecule has 1 atom stereocenters. The van der Waals surface area contributed by atoms with Crippen LogP contribution in [0, 0.1) is 0 Å². The van der Waals surface area contributed by atoms with Crippen LogP contribution in [0.2, 0.25) is 0 Å². The van der Waals surface area contributed by atoms with Crippen LogP contribution in [0.5, 0.6) is 5.75 Å². The van der Waals surface area contributed by atoms with E-state index in [0.29, 0.717) is 5.76 Å². The SMILES string of the molecule is COC(=O)C1C(OC)=CCc2ccc(OC)cc21. The Bertz CT molecular complexity index is 491. The minimum Gasteiger partial charge on any atom is -0.500 e. The third-order valence-corrected chi connectivity index (χ3v) is 3.14. The zero-order valence-electron chi connectivity index (χ0n) is 10.7. The highest BCUT2D eigenvalue weighted by Crippen LogP contribution is 2.35. The highest BCUT2D eigenvalue weighted by molar-refractivity contribution is 5.82. The fourth-order valence-corrected chi connectivity index (χ4v) is 2.20. The molecule has 0 radical (unpaired) electrons. The topological polar surface area (TPSA) is 44.8 Å². The Hall–Kier alpha value is -1.97. The van der Waals surface area contributed by atoms with Gasteiger partial charge in [0.1, 0.15) is 17.4 Å². The third-order valence-electron chi connectivity index (χ3n) is 3.14. The second kappa shape index (κ2) is 5.12. The normalized spacial score (nSPS) is 17.5. The monoisotopic (exact) mass is 248 g/mol. The third kappa shape index (κ3) is 2.06. The number of rotatable bonds is 3. The van der Waals surface area contributed by atoms with Crippen molar-refractivity contribution in [1.82, 2.24) is 0 Å².